The number of nitrogens with zero attached hydrogens (tertiary/aromatic N) is 3. The molecule has 0 atom stereocenters. The van der Waals surface area contributed by atoms with E-state index in [0.717, 1.165) is 39.2 Å². The van der Waals surface area contributed by atoms with Crippen LogP contribution in [0.4, 0.5) is 11.4 Å². The number of aryl methyl sites for hydroxylation is 4. The van der Waals surface area contributed by atoms with Gasteiger partial charge in [-0.05, 0) is 87.3 Å². The lowest BCUT2D eigenvalue weighted by atomic mass is 10.1. The molecular formula is C28H28N4O4S. The van der Waals surface area contributed by atoms with Crippen LogP contribution in [0.2, 0.25) is 0 Å². The molecule has 2 heterocycles. The van der Waals surface area contributed by atoms with Crippen molar-refractivity contribution in [2.24, 2.45) is 0 Å². The highest BCUT2D eigenvalue weighted by molar-refractivity contribution is 8.04. The van der Waals surface area contributed by atoms with E-state index in [1.54, 1.807) is 24.3 Å². The van der Waals surface area contributed by atoms with Gasteiger partial charge in [-0.3, -0.25) is 9.59 Å². The molecule has 1 aliphatic rings. The summed E-state index contributed by atoms with van der Waals surface area (Å²) in [5.74, 6) is -1.74. The Labute approximate surface area is 220 Å². The minimum atomic E-state index is -0.597. The van der Waals surface area contributed by atoms with Gasteiger partial charge in [-0.1, -0.05) is 25.1 Å². The SMILES string of the molecule is CCCOC(=O)c1ccccc1N1C(=O)C(Nc2cc(C)cc(C)c2)=C(Sc2nc(C)cc(C)n2)C1=O. The fraction of sp³-hybridized carbons (Fsp3) is 0.250. The summed E-state index contributed by atoms with van der Waals surface area (Å²) in [6.07, 6.45) is 0.651. The lowest BCUT2D eigenvalue weighted by Gasteiger charge is -2.18. The lowest BCUT2D eigenvalue weighted by Crippen LogP contribution is -2.33. The van der Waals surface area contributed by atoms with E-state index < -0.39 is 17.8 Å². The van der Waals surface area contributed by atoms with Crippen molar-refractivity contribution in [1.82, 2.24) is 9.97 Å². The summed E-state index contributed by atoms with van der Waals surface area (Å²) >= 11 is 1.02. The number of hydrogen-bond donors (Lipinski definition) is 1. The zero-order chi connectivity index (χ0) is 26.7. The molecule has 1 N–H and O–H groups in total. The maximum atomic E-state index is 13.8. The average molecular weight is 517 g/mol. The molecule has 0 saturated carbocycles. The quantitative estimate of drug-likeness (QED) is 0.246. The minimum absolute atomic E-state index is 0.0967. The van der Waals surface area contributed by atoms with Crippen molar-refractivity contribution >= 4 is 40.9 Å². The van der Waals surface area contributed by atoms with Crippen LogP contribution in [0.1, 0.15) is 46.2 Å². The van der Waals surface area contributed by atoms with E-state index in [9.17, 15) is 14.4 Å². The number of carbonyl (C=O) groups excluding carboxylic acids is 3. The van der Waals surface area contributed by atoms with Crippen molar-refractivity contribution in [2.75, 3.05) is 16.8 Å². The van der Waals surface area contributed by atoms with Gasteiger partial charge in [-0.15, -0.1) is 0 Å². The molecule has 0 radical (unpaired) electrons. The molecule has 1 aromatic heterocycles. The number of imide groups is 1. The zero-order valence-corrected chi connectivity index (χ0v) is 22.2. The number of benzene rings is 2. The molecule has 0 aliphatic carbocycles. The van der Waals surface area contributed by atoms with Gasteiger partial charge in [-0.25, -0.2) is 19.7 Å². The number of ether oxygens (including phenoxy) is 1. The smallest absolute Gasteiger partial charge is 0.340 e. The summed E-state index contributed by atoms with van der Waals surface area (Å²) in [4.78, 5) is 50.4. The Morgan fingerprint density at radius 3 is 2.24 bits per heavy atom. The predicted molar refractivity (Wildman–Crippen MR) is 143 cm³/mol. The third kappa shape index (κ3) is 5.72. The summed E-state index contributed by atoms with van der Waals surface area (Å²) in [6.45, 7) is 9.72. The highest BCUT2D eigenvalue weighted by Crippen LogP contribution is 2.38. The second-order valence-electron chi connectivity index (χ2n) is 8.84. The number of carbonyl (C=O) groups is 3. The van der Waals surface area contributed by atoms with Crippen LogP contribution < -0.4 is 10.2 Å². The fourth-order valence-corrected chi connectivity index (χ4v) is 5.05. The van der Waals surface area contributed by atoms with Gasteiger partial charge in [0.05, 0.1) is 17.9 Å². The van der Waals surface area contributed by atoms with E-state index in [0.29, 0.717) is 17.3 Å². The van der Waals surface area contributed by atoms with Gasteiger partial charge in [0, 0.05) is 17.1 Å². The number of amides is 2. The number of nitrogens with one attached hydrogen (secondary N) is 1. The maximum Gasteiger partial charge on any atom is 0.340 e. The Hall–Kier alpha value is -3.98. The first-order chi connectivity index (χ1) is 17.7. The van der Waals surface area contributed by atoms with Gasteiger partial charge in [-0.2, -0.15) is 0 Å². The Morgan fingerprint density at radius 1 is 0.946 bits per heavy atom. The first-order valence-corrected chi connectivity index (χ1v) is 12.7. The third-order valence-corrected chi connectivity index (χ3v) is 6.44. The fourth-order valence-electron chi connectivity index (χ4n) is 4.07. The second-order valence-corrected chi connectivity index (χ2v) is 9.82. The third-order valence-electron chi connectivity index (χ3n) is 5.49. The first kappa shape index (κ1) is 26.1. The highest BCUT2D eigenvalue weighted by Gasteiger charge is 2.42. The van der Waals surface area contributed by atoms with E-state index in [1.807, 2.05) is 58.9 Å². The van der Waals surface area contributed by atoms with Gasteiger partial charge in [0.2, 0.25) is 0 Å². The van der Waals surface area contributed by atoms with E-state index >= 15 is 0 Å². The molecule has 2 amide bonds. The van der Waals surface area contributed by atoms with Gasteiger partial charge >= 0.3 is 5.97 Å². The number of anilines is 2. The first-order valence-electron chi connectivity index (χ1n) is 11.9. The van der Waals surface area contributed by atoms with Crippen molar-refractivity contribution in [3.63, 3.8) is 0 Å². The number of hydrogen-bond acceptors (Lipinski definition) is 8. The molecule has 0 saturated heterocycles. The molecule has 0 spiro atoms. The molecule has 2 aromatic carbocycles. The van der Waals surface area contributed by atoms with Crippen LogP contribution in [-0.4, -0.2) is 34.4 Å². The van der Waals surface area contributed by atoms with Gasteiger partial charge in [0.25, 0.3) is 11.8 Å². The molecule has 37 heavy (non-hydrogen) atoms. The van der Waals surface area contributed by atoms with Crippen molar-refractivity contribution in [3.8, 4) is 0 Å². The van der Waals surface area contributed by atoms with E-state index in [2.05, 4.69) is 15.3 Å². The van der Waals surface area contributed by atoms with Crippen molar-refractivity contribution in [3.05, 3.63) is 87.2 Å². The second kappa shape index (κ2) is 11.0. The molecule has 9 heteroatoms. The van der Waals surface area contributed by atoms with Crippen molar-refractivity contribution in [2.45, 2.75) is 46.2 Å². The van der Waals surface area contributed by atoms with Gasteiger partial charge in [0.15, 0.2) is 5.16 Å². The topological polar surface area (TPSA) is 101 Å². The molecule has 1 aliphatic heterocycles. The van der Waals surface area contributed by atoms with Crippen LogP contribution in [0, 0.1) is 27.7 Å². The van der Waals surface area contributed by atoms with Crippen molar-refractivity contribution in [1.29, 1.82) is 0 Å². The largest absolute Gasteiger partial charge is 0.462 e. The maximum absolute atomic E-state index is 13.8. The van der Waals surface area contributed by atoms with Crippen LogP contribution in [0.15, 0.2) is 64.3 Å². The van der Waals surface area contributed by atoms with Crippen LogP contribution in [0.5, 0.6) is 0 Å². The predicted octanol–water partition coefficient (Wildman–Crippen LogP) is 5.27. The molecule has 8 nitrogen and oxygen atoms in total. The summed E-state index contributed by atoms with van der Waals surface area (Å²) < 4.78 is 5.30. The molecular weight excluding hydrogens is 488 g/mol. The standard InChI is InChI=1S/C28H28N4O4S/c1-6-11-36-27(35)21-9-7-8-10-22(21)32-25(33)23(31-20-13-16(2)12-17(3)14-20)24(26(32)34)37-28-29-18(4)15-19(5)30-28/h7-10,12-15,31H,6,11H2,1-5H3. The lowest BCUT2D eigenvalue weighted by molar-refractivity contribution is -0.120. The minimum Gasteiger partial charge on any atom is -0.462 e. The Bertz CT molecular complexity index is 1320. The molecule has 0 unspecified atom stereocenters. The van der Waals surface area contributed by atoms with Gasteiger partial charge < -0.3 is 10.1 Å². The van der Waals surface area contributed by atoms with Crippen LogP contribution in [-0.2, 0) is 14.3 Å². The summed E-state index contributed by atoms with van der Waals surface area (Å²) in [7, 11) is 0. The number of para-hydroxylation sites is 1. The highest BCUT2D eigenvalue weighted by atomic mass is 32.2. The number of esters is 1. The molecule has 3 aromatic rings. The Morgan fingerprint density at radius 2 is 1.59 bits per heavy atom. The molecule has 4 rings (SSSR count). The van der Waals surface area contributed by atoms with Crippen molar-refractivity contribution < 1.29 is 19.1 Å². The number of rotatable bonds is 8. The normalized spacial score (nSPS) is 13.4. The Balaban J connectivity index is 1.79. The van der Waals surface area contributed by atoms with Crippen LogP contribution >= 0.6 is 11.8 Å². The van der Waals surface area contributed by atoms with Crippen LogP contribution in [0.25, 0.3) is 0 Å². The molecule has 190 valence electrons. The summed E-state index contributed by atoms with van der Waals surface area (Å²) in [6, 6.07) is 14.1. The summed E-state index contributed by atoms with van der Waals surface area (Å²) in [5.41, 5.74) is 4.58. The van der Waals surface area contributed by atoms with E-state index in [-0.39, 0.29) is 28.5 Å². The molecule has 0 bridgehead atoms. The number of thioether (sulfide) groups is 1. The van der Waals surface area contributed by atoms with E-state index in [4.69, 9.17) is 4.74 Å². The Kier molecular flexibility index (Phi) is 7.73. The zero-order valence-electron chi connectivity index (χ0n) is 21.4. The average Bonchev–Trinajstić information content (AvgIpc) is 3.05. The van der Waals surface area contributed by atoms with E-state index in [1.165, 1.54) is 0 Å². The number of aromatic nitrogens is 2. The van der Waals surface area contributed by atoms with Gasteiger partial charge in [0.1, 0.15) is 10.6 Å². The summed E-state index contributed by atoms with van der Waals surface area (Å²) in [5, 5.41) is 3.51. The van der Waals surface area contributed by atoms with Crippen LogP contribution in [0.3, 0.4) is 0 Å². The molecule has 0 fully saturated rings. The monoisotopic (exact) mass is 516 g/mol.